The number of nitrogens with one attached hydrogen (secondary N) is 2. The van der Waals surface area contributed by atoms with Crippen molar-refractivity contribution in [2.45, 2.75) is 0 Å². The first kappa shape index (κ1) is 15.1. The number of rotatable bonds is 5. The van der Waals surface area contributed by atoms with E-state index in [-0.39, 0.29) is 12.5 Å². The molecule has 0 bridgehead atoms. The van der Waals surface area contributed by atoms with E-state index in [2.05, 4.69) is 20.6 Å². The number of carbonyl (C=O) groups is 1. The summed E-state index contributed by atoms with van der Waals surface area (Å²) in [5, 5.41) is 7.80. The lowest BCUT2D eigenvalue weighted by Gasteiger charge is -2.06. The van der Waals surface area contributed by atoms with E-state index >= 15 is 0 Å². The summed E-state index contributed by atoms with van der Waals surface area (Å²) in [6.07, 6.45) is 3.37. The van der Waals surface area contributed by atoms with Gasteiger partial charge >= 0.3 is 0 Å². The molecule has 0 aliphatic heterocycles. The zero-order valence-corrected chi connectivity index (χ0v) is 12.8. The van der Waals surface area contributed by atoms with Crippen LogP contribution in [-0.4, -0.2) is 22.4 Å². The van der Waals surface area contributed by atoms with Gasteiger partial charge < -0.3 is 10.6 Å². The zero-order valence-electron chi connectivity index (χ0n) is 12.0. The highest BCUT2D eigenvalue weighted by Crippen LogP contribution is 2.24. The van der Waals surface area contributed by atoms with Crippen LogP contribution in [0.15, 0.2) is 54.2 Å². The molecule has 0 atom stereocenters. The van der Waals surface area contributed by atoms with E-state index in [1.807, 2.05) is 17.5 Å². The minimum atomic E-state index is -0.394. The van der Waals surface area contributed by atoms with Gasteiger partial charge in [0.05, 0.1) is 17.9 Å². The van der Waals surface area contributed by atoms with Crippen molar-refractivity contribution >= 4 is 28.1 Å². The lowest BCUT2D eigenvalue weighted by atomic mass is 10.2. The van der Waals surface area contributed by atoms with Gasteiger partial charge in [-0.25, -0.2) is 9.37 Å². The molecule has 3 rings (SSSR count). The van der Waals surface area contributed by atoms with Crippen molar-refractivity contribution < 1.29 is 9.18 Å². The van der Waals surface area contributed by atoms with Crippen molar-refractivity contribution in [3.63, 3.8) is 0 Å². The Morgan fingerprint density at radius 1 is 1.17 bits per heavy atom. The quantitative estimate of drug-likeness (QED) is 0.753. The first-order valence-electron chi connectivity index (χ1n) is 6.86. The van der Waals surface area contributed by atoms with Gasteiger partial charge in [0.25, 0.3) is 0 Å². The van der Waals surface area contributed by atoms with E-state index < -0.39 is 5.82 Å². The Kier molecular flexibility index (Phi) is 4.58. The normalized spacial score (nSPS) is 10.3. The number of thiazole rings is 1. The van der Waals surface area contributed by atoms with Gasteiger partial charge in [-0.05, 0) is 24.3 Å². The third-order valence-corrected chi connectivity index (χ3v) is 3.80. The molecular formula is C16H13FN4OS. The lowest BCUT2D eigenvalue weighted by Crippen LogP contribution is -2.22. The van der Waals surface area contributed by atoms with E-state index in [1.54, 1.807) is 30.6 Å². The molecule has 0 fully saturated rings. The number of halogens is 1. The fourth-order valence-electron chi connectivity index (χ4n) is 1.93. The van der Waals surface area contributed by atoms with Gasteiger partial charge in [0.2, 0.25) is 5.91 Å². The number of carbonyl (C=O) groups excluding carboxylic acids is 1. The molecule has 3 aromatic rings. The van der Waals surface area contributed by atoms with Gasteiger partial charge in [0.15, 0.2) is 5.13 Å². The maximum absolute atomic E-state index is 13.4. The Balaban J connectivity index is 1.58. The number of aromatic nitrogens is 2. The van der Waals surface area contributed by atoms with Gasteiger partial charge in [-0.15, -0.1) is 11.3 Å². The summed E-state index contributed by atoms with van der Waals surface area (Å²) in [6, 6.07) is 9.90. The number of para-hydroxylation sites is 1. The highest BCUT2D eigenvalue weighted by Gasteiger charge is 2.09. The third kappa shape index (κ3) is 3.89. The Hall–Kier alpha value is -2.80. The second-order valence-electron chi connectivity index (χ2n) is 4.66. The Labute approximate surface area is 136 Å². The fourth-order valence-corrected chi connectivity index (χ4v) is 2.67. The van der Waals surface area contributed by atoms with Crippen molar-refractivity contribution in [2.75, 3.05) is 17.2 Å². The van der Waals surface area contributed by atoms with Crippen LogP contribution in [0.1, 0.15) is 0 Å². The number of benzene rings is 1. The molecule has 2 aromatic heterocycles. The van der Waals surface area contributed by atoms with Crippen molar-refractivity contribution in [1.29, 1.82) is 0 Å². The third-order valence-electron chi connectivity index (χ3n) is 3.04. The predicted molar refractivity (Wildman–Crippen MR) is 88.9 cm³/mol. The lowest BCUT2D eigenvalue weighted by molar-refractivity contribution is -0.114. The molecule has 0 spiro atoms. The monoisotopic (exact) mass is 328 g/mol. The summed E-state index contributed by atoms with van der Waals surface area (Å²) >= 11 is 1.33. The summed E-state index contributed by atoms with van der Waals surface area (Å²) in [7, 11) is 0. The average Bonchev–Trinajstić information content (AvgIpc) is 3.03. The van der Waals surface area contributed by atoms with Gasteiger partial charge in [0.1, 0.15) is 5.82 Å². The van der Waals surface area contributed by atoms with E-state index in [0.717, 1.165) is 11.3 Å². The maximum Gasteiger partial charge on any atom is 0.245 e. The number of hydrogen-bond acceptors (Lipinski definition) is 5. The smallest absolute Gasteiger partial charge is 0.245 e. The summed E-state index contributed by atoms with van der Waals surface area (Å²) in [4.78, 5) is 20.2. The van der Waals surface area contributed by atoms with Crippen molar-refractivity contribution in [2.24, 2.45) is 0 Å². The second-order valence-corrected chi connectivity index (χ2v) is 5.51. The average molecular weight is 328 g/mol. The van der Waals surface area contributed by atoms with Crippen LogP contribution in [-0.2, 0) is 4.79 Å². The first-order valence-corrected chi connectivity index (χ1v) is 7.74. The van der Waals surface area contributed by atoms with Crippen LogP contribution in [0.4, 0.5) is 15.2 Å². The Morgan fingerprint density at radius 2 is 1.96 bits per heavy atom. The van der Waals surface area contributed by atoms with Gasteiger partial charge in [-0.2, -0.15) is 0 Å². The van der Waals surface area contributed by atoms with E-state index in [0.29, 0.717) is 10.8 Å². The molecule has 116 valence electrons. The van der Waals surface area contributed by atoms with Gasteiger partial charge in [-0.3, -0.25) is 9.78 Å². The van der Waals surface area contributed by atoms with E-state index in [1.165, 1.54) is 17.4 Å². The van der Waals surface area contributed by atoms with Crippen LogP contribution >= 0.6 is 11.3 Å². The predicted octanol–water partition coefficient (Wildman–Crippen LogP) is 3.39. The molecule has 0 aliphatic rings. The highest BCUT2D eigenvalue weighted by atomic mass is 32.1. The summed E-state index contributed by atoms with van der Waals surface area (Å²) in [5.41, 5.74) is 2.00. The van der Waals surface area contributed by atoms with Crippen LogP contribution in [0.3, 0.4) is 0 Å². The van der Waals surface area contributed by atoms with Gasteiger partial charge in [-0.1, -0.05) is 12.1 Å². The Morgan fingerprint density at radius 3 is 2.74 bits per heavy atom. The van der Waals surface area contributed by atoms with Gasteiger partial charge in [0, 0.05) is 23.3 Å². The Bertz CT molecular complexity index is 807. The zero-order chi connectivity index (χ0) is 16.1. The van der Waals surface area contributed by atoms with Crippen LogP contribution in [0.25, 0.3) is 11.3 Å². The van der Waals surface area contributed by atoms with Crippen LogP contribution in [0, 0.1) is 5.82 Å². The molecule has 1 aromatic carbocycles. The SMILES string of the molecule is O=C(CNc1ccccc1F)Nc1nc(-c2ccncc2)cs1. The number of nitrogens with zero attached hydrogens (tertiary/aromatic N) is 2. The molecule has 2 heterocycles. The number of pyridine rings is 1. The highest BCUT2D eigenvalue weighted by molar-refractivity contribution is 7.14. The first-order chi connectivity index (χ1) is 11.2. The molecule has 0 saturated carbocycles. The molecule has 5 nitrogen and oxygen atoms in total. The van der Waals surface area contributed by atoms with Crippen LogP contribution in [0.2, 0.25) is 0 Å². The molecule has 2 N–H and O–H groups in total. The second kappa shape index (κ2) is 6.97. The number of amides is 1. The molecule has 0 unspecified atom stereocenters. The van der Waals surface area contributed by atoms with Crippen molar-refractivity contribution in [3.8, 4) is 11.3 Å². The standard InChI is InChI=1S/C16H13FN4OS/c17-12-3-1-2-4-13(12)19-9-15(22)21-16-20-14(10-23-16)11-5-7-18-8-6-11/h1-8,10,19H,9H2,(H,20,21,22). The summed E-state index contributed by atoms with van der Waals surface area (Å²) in [5.74, 6) is -0.682. The molecule has 0 aliphatic carbocycles. The molecule has 0 saturated heterocycles. The number of hydrogen-bond donors (Lipinski definition) is 2. The molecule has 7 heteroatoms. The molecule has 1 amide bonds. The molecule has 23 heavy (non-hydrogen) atoms. The maximum atomic E-state index is 13.4. The fraction of sp³-hybridized carbons (Fsp3) is 0.0625. The molecule has 0 radical (unpaired) electrons. The minimum Gasteiger partial charge on any atom is -0.374 e. The molecular weight excluding hydrogens is 315 g/mol. The summed E-state index contributed by atoms with van der Waals surface area (Å²) in [6.45, 7) is -0.0366. The van der Waals surface area contributed by atoms with E-state index in [9.17, 15) is 9.18 Å². The minimum absolute atomic E-state index is 0.0366. The van der Waals surface area contributed by atoms with Crippen molar-refractivity contribution in [3.05, 3.63) is 60.0 Å². The van der Waals surface area contributed by atoms with E-state index in [4.69, 9.17) is 0 Å². The summed E-state index contributed by atoms with van der Waals surface area (Å²) < 4.78 is 13.4. The van der Waals surface area contributed by atoms with Crippen LogP contribution in [0.5, 0.6) is 0 Å². The topological polar surface area (TPSA) is 66.9 Å². The largest absolute Gasteiger partial charge is 0.374 e. The van der Waals surface area contributed by atoms with Crippen LogP contribution < -0.4 is 10.6 Å². The van der Waals surface area contributed by atoms with Crippen molar-refractivity contribution in [1.82, 2.24) is 9.97 Å². The number of anilines is 2.